The lowest BCUT2D eigenvalue weighted by Gasteiger charge is -2.13. The molecule has 0 heterocycles. The number of rotatable bonds is 8. The van der Waals surface area contributed by atoms with Gasteiger partial charge in [0, 0.05) is 19.1 Å². The Morgan fingerprint density at radius 2 is 1.90 bits per heavy atom. The maximum absolute atomic E-state index is 12.0. The van der Waals surface area contributed by atoms with E-state index in [0.29, 0.717) is 12.8 Å². The van der Waals surface area contributed by atoms with E-state index < -0.39 is 16.0 Å². The Balaban J connectivity index is 2.74. The van der Waals surface area contributed by atoms with Crippen molar-refractivity contribution in [3.8, 4) is 0 Å². The molecule has 0 saturated carbocycles. The van der Waals surface area contributed by atoms with Crippen LogP contribution in [0.4, 0.5) is 0 Å². The molecule has 1 rings (SSSR count). The number of aliphatic carboxylic acids is 1. The van der Waals surface area contributed by atoms with Crippen molar-refractivity contribution in [2.75, 3.05) is 6.61 Å². The van der Waals surface area contributed by atoms with Gasteiger partial charge in [-0.25, -0.2) is 13.1 Å². The van der Waals surface area contributed by atoms with Crippen LogP contribution in [-0.2, 0) is 21.2 Å². The lowest BCUT2D eigenvalue weighted by molar-refractivity contribution is -0.136. The molecule has 0 aliphatic carbocycles. The van der Waals surface area contributed by atoms with Crippen LogP contribution in [0, 0.1) is 0 Å². The second-order valence-corrected chi connectivity index (χ2v) is 6.29. The number of aliphatic hydroxyl groups is 1. The molecule has 1 aromatic carbocycles. The fraction of sp³-hybridized carbons (Fsp3) is 0.462. The normalized spacial score (nSPS) is 13.1. The minimum atomic E-state index is -3.61. The van der Waals surface area contributed by atoms with Crippen LogP contribution in [0.1, 0.15) is 25.3 Å². The number of aliphatic hydroxyl groups excluding tert-OH is 1. The van der Waals surface area contributed by atoms with Crippen molar-refractivity contribution in [3.05, 3.63) is 29.8 Å². The second kappa shape index (κ2) is 7.37. The summed E-state index contributed by atoms with van der Waals surface area (Å²) in [4.78, 5) is 10.6. The zero-order chi connectivity index (χ0) is 15.2. The Kier molecular flexibility index (Phi) is 6.12. The summed E-state index contributed by atoms with van der Waals surface area (Å²) in [6.07, 6.45) is 0.720. The number of benzene rings is 1. The first kappa shape index (κ1) is 16.6. The van der Waals surface area contributed by atoms with Crippen molar-refractivity contribution in [1.29, 1.82) is 0 Å². The highest BCUT2D eigenvalue weighted by Crippen LogP contribution is 2.12. The zero-order valence-corrected chi connectivity index (χ0v) is 12.1. The molecule has 0 fully saturated rings. The van der Waals surface area contributed by atoms with E-state index in [0.717, 1.165) is 5.56 Å². The maximum atomic E-state index is 12.0. The number of hydrogen-bond donors (Lipinski definition) is 3. The molecule has 7 heteroatoms. The molecule has 20 heavy (non-hydrogen) atoms. The molecular formula is C13H19NO5S. The molecule has 6 nitrogen and oxygen atoms in total. The van der Waals surface area contributed by atoms with Gasteiger partial charge in [0.2, 0.25) is 10.0 Å². The highest BCUT2D eigenvalue weighted by Gasteiger charge is 2.16. The third kappa shape index (κ3) is 5.28. The van der Waals surface area contributed by atoms with Crippen LogP contribution in [0.15, 0.2) is 29.2 Å². The number of sulfonamides is 1. The Labute approximate surface area is 118 Å². The molecule has 112 valence electrons. The predicted molar refractivity (Wildman–Crippen MR) is 73.9 cm³/mol. The highest BCUT2D eigenvalue weighted by atomic mass is 32.2. The van der Waals surface area contributed by atoms with Gasteiger partial charge in [-0.3, -0.25) is 4.79 Å². The van der Waals surface area contributed by atoms with Crippen molar-refractivity contribution in [3.63, 3.8) is 0 Å². The van der Waals surface area contributed by atoms with E-state index in [9.17, 15) is 13.2 Å². The topological polar surface area (TPSA) is 104 Å². The summed E-state index contributed by atoms with van der Waals surface area (Å²) in [5.41, 5.74) is 0.773. The quantitative estimate of drug-likeness (QED) is 0.657. The van der Waals surface area contributed by atoms with Gasteiger partial charge >= 0.3 is 5.97 Å². The molecule has 0 bridgehead atoms. The Bertz CT molecular complexity index is 538. The summed E-state index contributed by atoms with van der Waals surface area (Å²) < 4.78 is 26.5. The van der Waals surface area contributed by atoms with Crippen molar-refractivity contribution in [2.45, 2.75) is 37.1 Å². The Morgan fingerprint density at radius 3 is 2.40 bits per heavy atom. The first-order valence-electron chi connectivity index (χ1n) is 6.29. The molecule has 3 N–H and O–H groups in total. The third-order valence-electron chi connectivity index (χ3n) is 2.78. The fourth-order valence-corrected chi connectivity index (χ4v) is 2.95. The molecule has 1 atom stereocenters. The number of hydrogen-bond acceptors (Lipinski definition) is 4. The minimum absolute atomic E-state index is 0.0118. The largest absolute Gasteiger partial charge is 0.481 e. The van der Waals surface area contributed by atoms with Gasteiger partial charge in [0.1, 0.15) is 0 Å². The number of carbonyl (C=O) groups is 1. The van der Waals surface area contributed by atoms with Crippen LogP contribution in [0.5, 0.6) is 0 Å². The summed E-state index contributed by atoms with van der Waals surface area (Å²) in [7, 11) is -3.61. The molecule has 0 aliphatic rings. The standard InChI is InChI=1S/C13H19NO5S/c1-10(8-9-15)14-20(18,19)12-5-2-11(3-6-12)4-7-13(16)17/h2-3,5-6,10,14-15H,4,7-9H2,1H3,(H,16,17). The molecule has 0 spiro atoms. The molecule has 0 saturated heterocycles. The zero-order valence-electron chi connectivity index (χ0n) is 11.2. The van der Waals surface area contributed by atoms with Crippen molar-refractivity contribution in [2.24, 2.45) is 0 Å². The van der Waals surface area contributed by atoms with E-state index in [1.807, 2.05) is 0 Å². The monoisotopic (exact) mass is 301 g/mol. The predicted octanol–water partition coefficient (Wildman–Crippen LogP) is 0.753. The van der Waals surface area contributed by atoms with Crippen LogP contribution in [-0.4, -0.2) is 37.2 Å². The molecule has 0 aliphatic heterocycles. The third-order valence-corrected chi connectivity index (χ3v) is 4.39. The van der Waals surface area contributed by atoms with E-state index in [2.05, 4.69) is 4.72 Å². The van der Waals surface area contributed by atoms with E-state index in [-0.39, 0.29) is 24.0 Å². The van der Waals surface area contributed by atoms with Gasteiger partial charge < -0.3 is 10.2 Å². The van der Waals surface area contributed by atoms with Gasteiger partial charge in [0.15, 0.2) is 0 Å². The number of nitrogens with one attached hydrogen (secondary N) is 1. The van der Waals surface area contributed by atoms with Crippen LogP contribution in [0.3, 0.4) is 0 Å². The SMILES string of the molecule is CC(CCO)NS(=O)(=O)c1ccc(CCC(=O)O)cc1. The van der Waals surface area contributed by atoms with Crippen LogP contribution < -0.4 is 4.72 Å². The highest BCUT2D eigenvalue weighted by molar-refractivity contribution is 7.89. The second-order valence-electron chi connectivity index (χ2n) is 4.57. The Morgan fingerprint density at radius 1 is 1.30 bits per heavy atom. The molecule has 0 radical (unpaired) electrons. The number of aryl methyl sites for hydroxylation is 1. The average Bonchev–Trinajstić information content (AvgIpc) is 2.36. The molecule has 1 unspecified atom stereocenters. The van der Waals surface area contributed by atoms with Gasteiger partial charge in [-0.15, -0.1) is 0 Å². The van der Waals surface area contributed by atoms with Gasteiger partial charge in [-0.1, -0.05) is 12.1 Å². The van der Waals surface area contributed by atoms with Crippen LogP contribution in [0.2, 0.25) is 0 Å². The van der Waals surface area contributed by atoms with Gasteiger partial charge in [-0.05, 0) is 37.5 Å². The number of carboxylic acid groups (broad SMARTS) is 1. The minimum Gasteiger partial charge on any atom is -0.481 e. The summed E-state index contributed by atoms with van der Waals surface area (Å²) in [6, 6.07) is 5.76. The maximum Gasteiger partial charge on any atom is 0.303 e. The van der Waals surface area contributed by atoms with Crippen molar-refractivity contribution in [1.82, 2.24) is 4.72 Å². The van der Waals surface area contributed by atoms with E-state index in [4.69, 9.17) is 10.2 Å². The van der Waals surface area contributed by atoms with Crippen molar-refractivity contribution >= 4 is 16.0 Å². The summed E-state index contributed by atoms with van der Waals surface area (Å²) in [5, 5.41) is 17.3. The summed E-state index contributed by atoms with van der Waals surface area (Å²) >= 11 is 0. The number of carboxylic acids is 1. The molecule has 0 aromatic heterocycles. The summed E-state index contributed by atoms with van der Waals surface area (Å²) in [6.45, 7) is 1.59. The van der Waals surface area contributed by atoms with Gasteiger partial charge in [0.05, 0.1) is 4.90 Å². The lowest BCUT2D eigenvalue weighted by Crippen LogP contribution is -2.33. The summed E-state index contributed by atoms with van der Waals surface area (Å²) in [5.74, 6) is -0.888. The lowest BCUT2D eigenvalue weighted by atomic mass is 10.1. The van der Waals surface area contributed by atoms with Crippen LogP contribution >= 0.6 is 0 Å². The average molecular weight is 301 g/mol. The van der Waals surface area contributed by atoms with E-state index >= 15 is 0 Å². The van der Waals surface area contributed by atoms with Crippen molar-refractivity contribution < 1.29 is 23.4 Å². The first-order chi connectivity index (χ1) is 9.35. The first-order valence-corrected chi connectivity index (χ1v) is 7.77. The Hall–Kier alpha value is -1.44. The molecular weight excluding hydrogens is 282 g/mol. The fourth-order valence-electron chi connectivity index (χ4n) is 1.67. The molecule has 0 amide bonds. The smallest absolute Gasteiger partial charge is 0.303 e. The van der Waals surface area contributed by atoms with E-state index in [1.165, 1.54) is 12.1 Å². The molecule has 1 aromatic rings. The van der Waals surface area contributed by atoms with Gasteiger partial charge in [-0.2, -0.15) is 0 Å². The van der Waals surface area contributed by atoms with E-state index in [1.54, 1.807) is 19.1 Å². The van der Waals surface area contributed by atoms with Crippen LogP contribution in [0.25, 0.3) is 0 Å². The van der Waals surface area contributed by atoms with Gasteiger partial charge in [0.25, 0.3) is 0 Å².